The van der Waals surface area contributed by atoms with E-state index in [2.05, 4.69) is 42.3 Å². The molecule has 0 fully saturated rings. The Morgan fingerprint density at radius 2 is 1.57 bits per heavy atom. The fourth-order valence-corrected chi connectivity index (χ4v) is 2.65. The molecule has 0 saturated heterocycles. The number of rotatable bonds is 3. The van der Waals surface area contributed by atoms with Gasteiger partial charge in [0.2, 0.25) is 0 Å². The van der Waals surface area contributed by atoms with Crippen LogP contribution in [0, 0.1) is 0 Å². The summed E-state index contributed by atoms with van der Waals surface area (Å²) in [6, 6.07) is 14.4. The van der Waals surface area contributed by atoms with Crippen LogP contribution >= 0.6 is 0 Å². The Bertz CT molecular complexity index is 674. The molecule has 1 aliphatic rings. The maximum Gasteiger partial charge on any atom is 0.119 e. The van der Waals surface area contributed by atoms with Crippen molar-refractivity contribution < 1.29 is 9.47 Å². The van der Waals surface area contributed by atoms with Gasteiger partial charge in [-0.05, 0) is 59.2 Å². The lowest BCUT2D eigenvalue weighted by Gasteiger charge is -2.28. The Morgan fingerprint density at radius 3 is 2.24 bits per heavy atom. The molecule has 0 aliphatic carbocycles. The van der Waals surface area contributed by atoms with Gasteiger partial charge < -0.3 is 14.4 Å². The van der Waals surface area contributed by atoms with Crippen molar-refractivity contribution in [2.75, 3.05) is 21.3 Å². The highest BCUT2D eigenvalue weighted by molar-refractivity contribution is 5.83. The molecule has 2 aromatic rings. The minimum absolute atomic E-state index is 0.878. The number of hydrogen-bond donors (Lipinski definition) is 0. The van der Waals surface area contributed by atoms with Gasteiger partial charge in [0, 0.05) is 19.3 Å². The first-order chi connectivity index (χ1) is 10.2. The van der Waals surface area contributed by atoms with Gasteiger partial charge in [0.05, 0.1) is 14.2 Å². The highest BCUT2D eigenvalue weighted by Gasteiger charge is 2.16. The smallest absolute Gasteiger partial charge is 0.119 e. The van der Waals surface area contributed by atoms with Crippen molar-refractivity contribution in [2.45, 2.75) is 6.54 Å². The van der Waals surface area contributed by atoms with E-state index in [0.717, 1.165) is 18.0 Å². The molecule has 0 amide bonds. The lowest BCUT2D eigenvalue weighted by Crippen LogP contribution is -2.20. The SMILES string of the molecule is COc1ccc(C2=Cc3ccc(OC)cc3CN2C)cc1. The first kappa shape index (κ1) is 13.6. The van der Waals surface area contributed by atoms with Crippen molar-refractivity contribution in [1.82, 2.24) is 4.90 Å². The lowest BCUT2D eigenvalue weighted by molar-refractivity contribution is 0.411. The molecule has 108 valence electrons. The minimum atomic E-state index is 0.878. The maximum absolute atomic E-state index is 5.30. The van der Waals surface area contributed by atoms with E-state index in [1.807, 2.05) is 18.2 Å². The highest BCUT2D eigenvalue weighted by atomic mass is 16.5. The molecule has 0 atom stereocenters. The number of hydrogen-bond acceptors (Lipinski definition) is 3. The zero-order chi connectivity index (χ0) is 14.8. The van der Waals surface area contributed by atoms with E-state index in [1.165, 1.54) is 22.4 Å². The van der Waals surface area contributed by atoms with Crippen LogP contribution in [0.4, 0.5) is 0 Å². The monoisotopic (exact) mass is 281 g/mol. The van der Waals surface area contributed by atoms with Crippen molar-refractivity contribution in [2.24, 2.45) is 0 Å². The fourth-order valence-electron chi connectivity index (χ4n) is 2.65. The fraction of sp³-hybridized carbons (Fsp3) is 0.222. The molecule has 2 aromatic carbocycles. The number of benzene rings is 2. The second-order valence-electron chi connectivity index (χ2n) is 5.18. The van der Waals surface area contributed by atoms with Gasteiger partial charge in [0.1, 0.15) is 11.5 Å². The molecule has 0 N–H and O–H groups in total. The Labute approximate surface area is 125 Å². The van der Waals surface area contributed by atoms with Crippen LogP contribution in [0.1, 0.15) is 16.7 Å². The van der Waals surface area contributed by atoms with Gasteiger partial charge in [-0.15, -0.1) is 0 Å². The largest absolute Gasteiger partial charge is 0.497 e. The molecule has 0 saturated carbocycles. The third kappa shape index (κ3) is 2.59. The van der Waals surface area contributed by atoms with E-state index in [9.17, 15) is 0 Å². The lowest BCUT2D eigenvalue weighted by atomic mass is 9.98. The third-order valence-corrected chi connectivity index (χ3v) is 3.85. The van der Waals surface area contributed by atoms with Gasteiger partial charge in [0.25, 0.3) is 0 Å². The van der Waals surface area contributed by atoms with Gasteiger partial charge >= 0.3 is 0 Å². The molecular weight excluding hydrogens is 262 g/mol. The van der Waals surface area contributed by atoms with Crippen LogP contribution in [-0.2, 0) is 6.54 Å². The van der Waals surface area contributed by atoms with Crippen LogP contribution in [0.15, 0.2) is 42.5 Å². The molecule has 0 bridgehead atoms. The molecule has 3 nitrogen and oxygen atoms in total. The second kappa shape index (κ2) is 5.52. The number of fused-ring (bicyclic) bond motifs is 1. The predicted octanol–water partition coefficient (Wildman–Crippen LogP) is 3.65. The standard InChI is InChI=1S/C18H19NO2/c1-19-12-15-10-17(21-3)9-6-14(15)11-18(19)13-4-7-16(20-2)8-5-13/h4-11H,12H2,1-3H3. The minimum Gasteiger partial charge on any atom is -0.497 e. The van der Waals surface area contributed by atoms with Crippen molar-refractivity contribution in [3.63, 3.8) is 0 Å². The number of ether oxygens (including phenoxy) is 2. The van der Waals surface area contributed by atoms with E-state index in [-0.39, 0.29) is 0 Å². The Balaban J connectivity index is 1.99. The van der Waals surface area contributed by atoms with Gasteiger partial charge in [0.15, 0.2) is 0 Å². The van der Waals surface area contributed by atoms with Crippen LogP contribution in [0.5, 0.6) is 11.5 Å². The molecule has 1 aliphatic heterocycles. The molecule has 0 unspecified atom stereocenters. The van der Waals surface area contributed by atoms with E-state index < -0.39 is 0 Å². The summed E-state index contributed by atoms with van der Waals surface area (Å²) in [5.41, 5.74) is 4.95. The van der Waals surface area contributed by atoms with E-state index in [1.54, 1.807) is 14.2 Å². The Morgan fingerprint density at radius 1 is 0.905 bits per heavy atom. The van der Waals surface area contributed by atoms with E-state index in [0.29, 0.717) is 0 Å². The van der Waals surface area contributed by atoms with Crippen LogP contribution < -0.4 is 9.47 Å². The Hall–Kier alpha value is -2.42. The summed E-state index contributed by atoms with van der Waals surface area (Å²) in [4.78, 5) is 2.25. The first-order valence-corrected chi connectivity index (χ1v) is 6.95. The quantitative estimate of drug-likeness (QED) is 0.857. The van der Waals surface area contributed by atoms with Crippen molar-refractivity contribution in [3.05, 3.63) is 59.2 Å². The van der Waals surface area contributed by atoms with Crippen LogP contribution in [0.25, 0.3) is 11.8 Å². The number of nitrogens with zero attached hydrogens (tertiary/aromatic N) is 1. The average molecular weight is 281 g/mol. The summed E-state index contributed by atoms with van der Waals surface area (Å²) < 4.78 is 10.5. The van der Waals surface area contributed by atoms with E-state index >= 15 is 0 Å². The summed E-state index contributed by atoms with van der Waals surface area (Å²) in [6.07, 6.45) is 2.22. The normalized spacial score (nSPS) is 13.5. The molecule has 0 radical (unpaired) electrons. The second-order valence-corrected chi connectivity index (χ2v) is 5.18. The summed E-state index contributed by atoms with van der Waals surface area (Å²) in [7, 11) is 5.50. The molecule has 21 heavy (non-hydrogen) atoms. The van der Waals surface area contributed by atoms with Crippen LogP contribution in [-0.4, -0.2) is 26.2 Å². The molecule has 0 aromatic heterocycles. The molecular formula is C18H19NO2. The molecule has 1 heterocycles. The van der Waals surface area contributed by atoms with Gasteiger partial charge in [-0.25, -0.2) is 0 Å². The zero-order valence-corrected chi connectivity index (χ0v) is 12.6. The molecule has 3 heteroatoms. The molecule has 0 spiro atoms. The predicted molar refractivity (Wildman–Crippen MR) is 85.3 cm³/mol. The van der Waals surface area contributed by atoms with Gasteiger partial charge in [-0.1, -0.05) is 6.07 Å². The summed E-state index contributed by atoms with van der Waals surface area (Å²) >= 11 is 0. The summed E-state index contributed by atoms with van der Waals surface area (Å²) in [6.45, 7) is 0.879. The maximum atomic E-state index is 5.30. The van der Waals surface area contributed by atoms with Crippen LogP contribution in [0.2, 0.25) is 0 Å². The summed E-state index contributed by atoms with van der Waals surface area (Å²) in [5, 5.41) is 0. The van der Waals surface area contributed by atoms with Crippen molar-refractivity contribution >= 4 is 11.8 Å². The van der Waals surface area contributed by atoms with Crippen molar-refractivity contribution in [1.29, 1.82) is 0 Å². The molecule has 3 rings (SSSR count). The van der Waals surface area contributed by atoms with Crippen molar-refractivity contribution in [3.8, 4) is 11.5 Å². The van der Waals surface area contributed by atoms with E-state index in [4.69, 9.17) is 9.47 Å². The first-order valence-electron chi connectivity index (χ1n) is 6.95. The zero-order valence-electron chi connectivity index (χ0n) is 12.6. The van der Waals surface area contributed by atoms with Gasteiger partial charge in [-0.2, -0.15) is 0 Å². The third-order valence-electron chi connectivity index (χ3n) is 3.85. The average Bonchev–Trinajstić information content (AvgIpc) is 2.53. The number of methoxy groups -OCH3 is 2. The topological polar surface area (TPSA) is 21.7 Å². The van der Waals surface area contributed by atoms with Gasteiger partial charge in [-0.3, -0.25) is 0 Å². The summed E-state index contributed by atoms with van der Waals surface area (Å²) in [5.74, 6) is 1.78. The van der Waals surface area contributed by atoms with Crippen LogP contribution in [0.3, 0.4) is 0 Å². The highest BCUT2D eigenvalue weighted by Crippen LogP contribution is 2.32. The Kier molecular flexibility index (Phi) is 3.57.